The summed E-state index contributed by atoms with van der Waals surface area (Å²) in [5, 5.41) is 13.0. The molecule has 0 aliphatic heterocycles. The Morgan fingerprint density at radius 2 is 1.91 bits per heavy atom. The minimum absolute atomic E-state index is 0.00184. The molecule has 1 atom stereocenters. The van der Waals surface area contributed by atoms with E-state index in [1.165, 1.54) is 24.3 Å². The Morgan fingerprint density at radius 1 is 1.18 bits per heavy atom. The van der Waals surface area contributed by atoms with E-state index in [0.29, 0.717) is 11.3 Å². The van der Waals surface area contributed by atoms with Crippen molar-refractivity contribution in [3.63, 3.8) is 0 Å². The van der Waals surface area contributed by atoms with Gasteiger partial charge in [-0.2, -0.15) is 0 Å². The third-order valence-corrected chi connectivity index (χ3v) is 5.11. The van der Waals surface area contributed by atoms with Crippen molar-refractivity contribution < 1.29 is 17.9 Å². The Bertz CT molecular complexity index is 747. The number of hydrogen-bond donors (Lipinski definition) is 2. The Kier molecular flexibility index (Phi) is 5.15. The summed E-state index contributed by atoms with van der Waals surface area (Å²) in [6.45, 7) is 1.66. The SMILES string of the molecule is CCS(=O)(=O)c1ccccc1NCC(O)c1cccc(F)c1. The molecule has 6 heteroatoms. The van der Waals surface area contributed by atoms with Crippen LogP contribution in [0.25, 0.3) is 0 Å². The minimum Gasteiger partial charge on any atom is -0.387 e. The standard InChI is InChI=1S/C16H18FNO3S/c1-2-22(20,21)16-9-4-3-8-14(16)18-11-15(19)12-6-5-7-13(17)10-12/h3-10,15,18-19H,2,11H2,1H3. The van der Waals surface area contributed by atoms with Crippen LogP contribution in [0.1, 0.15) is 18.6 Å². The second kappa shape index (κ2) is 6.89. The molecule has 22 heavy (non-hydrogen) atoms. The van der Waals surface area contributed by atoms with E-state index < -0.39 is 21.8 Å². The first-order chi connectivity index (χ1) is 10.4. The molecule has 0 saturated heterocycles. The van der Waals surface area contributed by atoms with Gasteiger partial charge in [0.05, 0.1) is 22.4 Å². The molecule has 0 aromatic heterocycles. The van der Waals surface area contributed by atoms with Crippen molar-refractivity contribution >= 4 is 15.5 Å². The summed E-state index contributed by atoms with van der Waals surface area (Å²) in [4.78, 5) is 0.198. The average Bonchev–Trinajstić information content (AvgIpc) is 2.52. The Labute approximate surface area is 129 Å². The van der Waals surface area contributed by atoms with E-state index in [2.05, 4.69) is 5.32 Å². The molecule has 4 nitrogen and oxygen atoms in total. The van der Waals surface area contributed by atoms with Gasteiger partial charge in [-0.1, -0.05) is 31.2 Å². The third-order valence-electron chi connectivity index (χ3n) is 3.32. The predicted molar refractivity (Wildman–Crippen MR) is 84.0 cm³/mol. The minimum atomic E-state index is -3.35. The summed E-state index contributed by atoms with van der Waals surface area (Å²) >= 11 is 0. The molecule has 0 aliphatic rings. The topological polar surface area (TPSA) is 66.4 Å². The molecule has 2 N–H and O–H groups in total. The molecule has 2 aromatic rings. The normalized spacial score (nSPS) is 12.9. The van der Waals surface area contributed by atoms with Gasteiger partial charge in [-0.3, -0.25) is 0 Å². The van der Waals surface area contributed by atoms with Gasteiger partial charge in [-0.15, -0.1) is 0 Å². The van der Waals surface area contributed by atoms with Crippen molar-refractivity contribution in [1.82, 2.24) is 0 Å². The van der Waals surface area contributed by atoms with E-state index in [0.717, 1.165) is 0 Å². The van der Waals surface area contributed by atoms with Gasteiger partial charge in [0.25, 0.3) is 0 Å². The number of aliphatic hydroxyl groups excluding tert-OH is 1. The van der Waals surface area contributed by atoms with Gasteiger partial charge in [-0.25, -0.2) is 12.8 Å². The van der Waals surface area contributed by atoms with Crippen LogP contribution in [0.3, 0.4) is 0 Å². The van der Waals surface area contributed by atoms with Crippen LogP contribution in [0.5, 0.6) is 0 Å². The van der Waals surface area contributed by atoms with Crippen LogP contribution >= 0.6 is 0 Å². The lowest BCUT2D eigenvalue weighted by Gasteiger charge is -2.15. The monoisotopic (exact) mass is 323 g/mol. The molecule has 1 unspecified atom stereocenters. The number of aliphatic hydroxyl groups is 1. The van der Waals surface area contributed by atoms with E-state index >= 15 is 0 Å². The summed E-state index contributed by atoms with van der Waals surface area (Å²) in [5.74, 6) is -0.427. The lowest BCUT2D eigenvalue weighted by atomic mass is 10.1. The summed E-state index contributed by atoms with van der Waals surface area (Å²) in [5.41, 5.74) is 0.864. The van der Waals surface area contributed by atoms with Gasteiger partial charge in [-0.05, 0) is 29.8 Å². The maximum Gasteiger partial charge on any atom is 0.180 e. The van der Waals surface area contributed by atoms with Crippen molar-refractivity contribution in [2.45, 2.75) is 17.9 Å². The van der Waals surface area contributed by atoms with Crippen LogP contribution in [0.2, 0.25) is 0 Å². The zero-order chi connectivity index (χ0) is 16.2. The first-order valence-corrected chi connectivity index (χ1v) is 8.58. The highest BCUT2D eigenvalue weighted by molar-refractivity contribution is 7.91. The molecule has 0 spiro atoms. The van der Waals surface area contributed by atoms with Crippen molar-refractivity contribution in [3.8, 4) is 0 Å². The number of benzene rings is 2. The van der Waals surface area contributed by atoms with Gasteiger partial charge in [0.2, 0.25) is 0 Å². The zero-order valence-corrected chi connectivity index (χ0v) is 13.0. The largest absolute Gasteiger partial charge is 0.387 e. The fraction of sp³-hybridized carbons (Fsp3) is 0.250. The zero-order valence-electron chi connectivity index (χ0n) is 12.2. The molecular weight excluding hydrogens is 305 g/mol. The van der Waals surface area contributed by atoms with E-state index in [1.54, 1.807) is 31.2 Å². The quantitative estimate of drug-likeness (QED) is 0.858. The van der Waals surface area contributed by atoms with Crippen LogP contribution in [0.4, 0.5) is 10.1 Å². The van der Waals surface area contributed by atoms with Crippen LogP contribution in [-0.4, -0.2) is 25.8 Å². The van der Waals surface area contributed by atoms with Crippen molar-refractivity contribution in [1.29, 1.82) is 0 Å². The molecule has 2 rings (SSSR count). The number of rotatable bonds is 6. The number of nitrogens with one attached hydrogen (secondary N) is 1. The highest BCUT2D eigenvalue weighted by Crippen LogP contribution is 2.23. The summed E-state index contributed by atoms with van der Waals surface area (Å²) in [6, 6.07) is 12.2. The Morgan fingerprint density at radius 3 is 2.59 bits per heavy atom. The highest BCUT2D eigenvalue weighted by Gasteiger charge is 2.17. The number of para-hydroxylation sites is 1. The van der Waals surface area contributed by atoms with Gasteiger partial charge in [0.1, 0.15) is 5.82 Å². The van der Waals surface area contributed by atoms with Gasteiger partial charge < -0.3 is 10.4 Å². The third kappa shape index (κ3) is 3.84. The number of sulfone groups is 1. The van der Waals surface area contributed by atoms with Crippen LogP contribution in [-0.2, 0) is 9.84 Å². The fourth-order valence-corrected chi connectivity index (χ4v) is 3.15. The first-order valence-electron chi connectivity index (χ1n) is 6.93. The van der Waals surface area contributed by atoms with E-state index in [4.69, 9.17) is 0 Å². The van der Waals surface area contributed by atoms with E-state index in [-0.39, 0.29) is 17.2 Å². The van der Waals surface area contributed by atoms with Crippen molar-refractivity contribution in [2.75, 3.05) is 17.6 Å². The van der Waals surface area contributed by atoms with E-state index in [9.17, 15) is 17.9 Å². The second-order valence-corrected chi connectivity index (χ2v) is 7.10. The lowest BCUT2D eigenvalue weighted by molar-refractivity contribution is 0.191. The van der Waals surface area contributed by atoms with Gasteiger partial charge in [0, 0.05) is 6.54 Å². The predicted octanol–water partition coefficient (Wildman–Crippen LogP) is 2.76. The van der Waals surface area contributed by atoms with Crippen LogP contribution in [0.15, 0.2) is 53.4 Å². The maximum absolute atomic E-state index is 13.1. The molecular formula is C16H18FNO3S. The Hall–Kier alpha value is -1.92. The molecule has 0 saturated carbocycles. The number of halogens is 1. The smallest absolute Gasteiger partial charge is 0.180 e. The first kappa shape index (κ1) is 16.5. The van der Waals surface area contributed by atoms with Gasteiger partial charge >= 0.3 is 0 Å². The Balaban J connectivity index is 2.16. The summed E-state index contributed by atoms with van der Waals surface area (Å²) < 4.78 is 37.2. The molecule has 2 aromatic carbocycles. The molecule has 0 amide bonds. The summed E-state index contributed by atoms with van der Waals surface area (Å²) in [7, 11) is -3.35. The lowest BCUT2D eigenvalue weighted by Crippen LogP contribution is -2.15. The molecule has 0 radical (unpaired) electrons. The average molecular weight is 323 g/mol. The number of hydrogen-bond acceptors (Lipinski definition) is 4. The summed E-state index contributed by atoms with van der Waals surface area (Å²) in [6.07, 6.45) is -0.937. The van der Waals surface area contributed by atoms with Gasteiger partial charge in [0.15, 0.2) is 9.84 Å². The molecule has 118 valence electrons. The van der Waals surface area contributed by atoms with Crippen molar-refractivity contribution in [3.05, 3.63) is 59.9 Å². The second-order valence-electron chi connectivity index (χ2n) is 4.85. The van der Waals surface area contributed by atoms with Crippen LogP contribution in [0, 0.1) is 5.82 Å². The maximum atomic E-state index is 13.1. The molecule has 0 fully saturated rings. The van der Waals surface area contributed by atoms with E-state index in [1.807, 2.05) is 0 Å². The molecule has 0 aliphatic carbocycles. The van der Waals surface area contributed by atoms with Crippen LogP contribution < -0.4 is 5.32 Å². The molecule has 0 bridgehead atoms. The van der Waals surface area contributed by atoms with Crippen molar-refractivity contribution in [2.24, 2.45) is 0 Å². The highest BCUT2D eigenvalue weighted by atomic mass is 32.2. The number of anilines is 1. The fourth-order valence-electron chi connectivity index (χ4n) is 2.08. The molecule has 0 heterocycles.